The second-order valence-electron chi connectivity index (χ2n) is 3.49. The average Bonchev–Trinajstić information content (AvgIpc) is 2.43. The maximum atomic E-state index is 9.91. The quantitative estimate of drug-likeness (QED) is 0.462. The summed E-state index contributed by atoms with van der Waals surface area (Å²) < 4.78 is 4.98. The molecule has 7 nitrogen and oxygen atoms in total. The summed E-state index contributed by atoms with van der Waals surface area (Å²) in [4.78, 5) is 2.49. The van der Waals surface area contributed by atoms with Crippen molar-refractivity contribution >= 4 is 0 Å². The molecule has 0 bridgehead atoms. The van der Waals surface area contributed by atoms with E-state index in [1.54, 1.807) is 6.07 Å². The number of azide groups is 1. The Hall–Kier alpha value is -2.26. The van der Waals surface area contributed by atoms with Crippen molar-refractivity contribution < 1.29 is 14.9 Å². The van der Waals surface area contributed by atoms with Gasteiger partial charge in [0.1, 0.15) is 11.9 Å². The van der Waals surface area contributed by atoms with Gasteiger partial charge in [0.25, 0.3) is 0 Å². The number of nitriles is 1. The number of hydrogen-bond acceptors (Lipinski definition) is 5. The van der Waals surface area contributed by atoms with E-state index in [0.29, 0.717) is 5.75 Å². The van der Waals surface area contributed by atoms with E-state index in [9.17, 15) is 10.2 Å². The van der Waals surface area contributed by atoms with Gasteiger partial charge in [0.2, 0.25) is 0 Å². The van der Waals surface area contributed by atoms with Gasteiger partial charge in [-0.15, -0.1) is 0 Å². The van der Waals surface area contributed by atoms with Gasteiger partial charge in [-0.2, -0.15) is 5.26 Å². The average molecular weight is 248 g/mol. The lowest BCUT2D eigenvalue weighted by Gasteiger charge is -2.18. The summed E-state index contributed by atoms with van der Waals surface area (Å²) >= 11 is 0. The van der Waals surface area contributed by atoms with Crippen LogP contribution in [-0.4, -0.2) is 30.0 Å². The highest BCUT2D eigenvalue weighted by Gasteiger charge is 2.21. The van der Waals surface area contributed by atoms with E-state index in [2.05, 4.69) is 10.0 Å². The highest BCUT2D eigenvalue weighted by molar-refractivity contribution is 5.44. The SMILES string of the molecule is COc1ccc(C#N)c(C(O)C(O)CN=[N+]=[N-])c1. The van der Waals surface area contributed by atoms with Gasteiger partial charge in [-0.25, -0.2) is 0 Å². The maximum absolute atomic E-state index is 9.91. The normalized spacial score (nSPS) is 13.0. The molecule has 0 saturated heterocycles. The van der Waals surface area contributed by atoms with E-state index in [-0.39, 0.29) is 17.7 Å². The summed E-state index contributed by atoms with van der Waals surface area (Å²) in [6, 6.07) is 6.43. The third-order valence-corrected chi connectivity index (χ3v) is 2.39. The summed E-state index contributed by atoms with van der Waals surface area (Å²) in [6.07, 6.45) is -2.60. The van der Waals surface area contributed by atoms with Crippen LogP contribution in [-0.2, 0) is 0 Å². The Morgan fingerprint density at radius 1 is 1.56 bits per heavy atom. The fourth-order valence-corrected chi connectivity index (χ4v) is 1.44. The highest BCUT2D eigenvalue weighted by Crippen LogP contribution is 2.25. The number of hydrogen-bond donors (Lipinski definition) is 2. The third-order valence-electron chi connectivity index (χ3n) is 2.39. The van der Waals surface area contributed by atoms with Crippen molar-refractivity contribution in [3.8, 4) is 11.8 Å². The zero-order valence-electron chi connectivity index (χ0n) is 9.69. The first-order valence-corrected chi connectivity index (χ1v) is 5.09. The Balaban J connectivity index is 3.06. The molecule has 0 aliphatic carbocycles. The van der Waals surface area contributed by atoms with E-state index in [1.807, 2.05) is 6.07 Å². The third kappa shape index (κ3) is 3.12. The van der Waals surface area contributed by atoms with Gasteiger partial charge >= 0.3 is 0 Å². The predicted octanol–water partition coefficient (Wildman–Crippen LogP) is 1.27. The first-order valence-electron chi connectivity index (χ1n) is 5.09. The smallest absolute Gasteiger partial charge is 0.119 e. The molecule has 0 aromatic heterocycles. The molecule has 0 radical (unpaired) electrons. The molecule has 0 aliphatic heterocycles. The molecular formula is C11H12N4O3. The Morgan fingerprint density at radius 2 is 2.28 bits per heavy atom. The molecule has 0 fully saturated rings. The van der Waals surface area contributed by atoms with Crippen molar-refractivity contribution in [1.29, 1.82) is 5.26 Å². The summed E-state index contributed by atoms with van der Waals surface area (Å²) in [6.45, 7) is -0.278. The van der Waals surface area contributed by atoms with Crippen LogP contribution in [0.15, 0.2) is 23.3 Å². The molecule has 0 aliphatic rings. The molecule has 2 unspecified atom stereocenters. The number of aliphatic hydroxyl groups is 2. The Morgan fingerprint density at radius 3 is 2.83 bits per heavy atom. The lowest BCUT2D eigenvalue weighted by atomic mass is 9.99. The van der Waals surface area contributed by atoms with E-state index in [1.165, 1.54) is 19.2 Å². The Bertz CT molecular complexity index is 506. The topological polar surface area (TPSA) is 122 Å². The maximum Gasteiger partial charge on any atom is 0.119 e. The first kappa shape index (κ1) is 13.8. The molecule has 7 heteroatoms. The standard InChI is InChI=1S/C11H12N4O3/c1-18-8-3-2-7(5-12)9(4-8)11(17)10(16)6-14-15-13/h2-4,10-11,16-17H,6H2,1H3. The molecule has 1 rings (SSSR count). The number of methoxy groups -OCH3 is 1. The van der Waals surface area contributed by atoms with Gasteiger partial charge in [0.05, 0.1) is 31.4 Å². The van der Waals surface area contributed by atoms with Gasteiger partial charge in [0, 0.05) is 10.5 Å². The molecule has 0 amide bonds. The van der Waals surface area contributed by atoms with Crippen LogP contribution >= 0.6 is 0 Å². The molecule has 94 valence electrons. The zero-order chi connectivity index (χ0) is 13.5. The lowest BCUT2D eigenvalue weighted by Crippen LogP contribution is -2.22. The van der Waals surface area contributed by atoms with Gasteiger partial charge in [-0.1, -0.05) is 5.11 Å². The largest absolute Gasteiger partial charge is 0.497 e. The van der Waals surface area contributed by atoms with Crippen molar-refractivity contribution in [2.45, 2.75) is 12.2 Å². The Kier molecular flexibility index (Phi) is 4.96. The number of rotatable bonds is 5. The number of aliphatic hydroxyl groups excluding tert-OH is 2. The molecule has 1 aromatic rings. The molecule has 18 heavy (non-hydrogen) atoms. The van der Waals surface area contributed by atoms with Crippen LogP contribution in [0, 0.1) is 11.3 Å². The van der Waals surface area contributed by atoms with Gasteiger partial charge in [-0.3, -0.25) is 0 Å². The number of benzene rings is 1. The molecule has 2 atom stereocenters. The second kappa shape index (κ2) is 6.47. The summed E-state index contributed by atoms with van der Waals surface area (Å²) in [5.41, 5.74) is 8.60. The van der Waals surface area contributed by atoms with E-state index in [0.717, 1.165) is 0 Å². The van der Waals surface area contributed by atoms with Crippen molar-refractivity contribution in [2.75, 3.05) is 13.7 Å². The number of ether oxygens (including phenoxy) is 1. The molecule has 0 heterocycles. The van der Waals surface area contributed by atoms with Gasteiger partial charge < -0.3 is 14.9 Å². The minimum Gasteiger partial charge on any atom is -0.497 e. The molecule has 2 N–H and O–H groups in total. The van der Waals surface area contributed by atoms with Crippen LogP contribution in [0.5, 0.6) is 5.75 Å². The van der Waals surface area contributed by atoms with Gasteiger partial charge in [0.15, 0.2) is 0 Å². The minimum absolute atomic E-state index is 0.225. The van der Waals surface area contributed by atoms with Crippen molar-refractivity contribution in [3.63, 3.8) is 0 Å². The zero-order valence-corrected chi connectivity index (χ0v) is 9.69. The lowest BCUT2D eigenvalue weighted by molar-refractivity contribution is 0.0241. The summed E-state index contributed by atoms with van der Waals surface area (Å²) in [5.74, 6) is 0.457. The van der Waals surface area contributed by atoms with Crippen LogP contribution in [0.2, 0.25) is 0 Å². The van der Waals surface area contributed by atoms with E-state index < -0.39 is 12.2 Å². The number of nitrogens with zero attached hydrogens (tertiary/aromatic N) is 4. The fourth-order valence-electron chi connectivity index (χ4n) is 1.44. The molecule has 0 saturated carbocycles. The summed E-state index contributed by atoms with van der Waals surface area (Å²) in [5, 5.41) is 31.6. The predicted molar refractivity (Wildman–Crippen MR) is 62.7 cm³/mol. The second-order valence-corrected chi connectivity index (χ2v) is 3.49. The fraction of sp³-hybridized carbons (Fsp3) is 0.364. The minimum atomic E-state index is -1.32. The van der Waals surface area contributed by atoms with Crippen LogP contribution in [0.25, 0.3) is 10.4 Å². The van der Waals surface area contributed by atoms with Crippen LogP contribution < -0.4 is 4.74 Å². The molecule has 0 spiro atoms. The molecule has 1 aromatic carbocycles. The summed E-state index contributed by atoms with van der Waals surface area (Å²) in [7, 11) is 1.45. The van der Waals surface area contributed by atoms with E-state index in [4.69, 9.17) is 15.5 Å². The van der Waals surface area contributed by atoms with Crippen LogP contribution in [0.4, 0.5) is 0 Å². The van der Waals surface area contributed by atoms with Crippen LogP contribution in [0.3, 0.4) is 0 Å². The monoisotopic (exact) mass is 248 g/mol. The highest BCUT2D eigenvalue weighted by atomic mass is 16.5. The van der Waals surface area contributed by atoms with Crippen molar-refractivity contribution in [3.05, 3.63) is 39.8 Å². The first-order chi connectivity index (χ1) is 8.63. The van der Waals surface area contributed by atoms with Crippen molar-refractivity contribution in [2.24, 2.45) is 5.11 Å². The van der Waals surface area contributed by atoms with E-state index >= 15 is 0 Å². The van der Waals surface area contributed by atoms with Crippen LogP contribution in [0.1, 0.15) is 17.2 Å². The van der Waals surface area contributed by atoms with Gasteiger partial charge in [-0.05, 0) is 23.7 Å². The van der Waals surface area contributed by atoms with Crippen molar-refractivity contribution in [1.82, 2.24) is 0 Å². The Labute approximate surface area is 103 Å². The molecular weight excluding hydrogens is 236 g/mol.